The van der Waals surface area contributed by atoms with E-state index in [9.17, 15) is 14.7 Å². The van der Waals surface area contributed by atoms with Crippen molar-refractivity contribution in [2.24, 2.45) is 17.8 Å². The van der Waals surface area contributed by atoms with Gasteiger partial charge in [-0.2, -0.15) is 0 Å². The first-order valence-electron chi connectivity index (χ1n) is 8.29. The topological polar surface area (TPSA) is 69.6 Å². The fourth-order valence-corrected chi connectivity index (χ4v) is 4.68. The van der Waals surface area contributed by atoms with Crippen LogP contribution in [0.15, 0.2) is 0 Å². The quantitative estimate of drug-likeness (QED) is 0.822. The van der Waals surface area contributed by atoms with Crippen LogP contribution in [-0.4, -0.2) is 40.1 Å². The van der Waals surface area contributed by atoms with Gasteiger partial charge in [0.25, 0.3) is 0 Å². The van der Waals surface area contributed by atoms with E-state index in [1.807, 2.05) is 4.90 Å². The van der Waals surface area contributed by atoms with E-state index in [1.165, 1.54) is 6.42 Å². The molecule has 2 amide bonds. The van der Waals surface area contributed by atoms with Crippen molar-refractivity contribution >= 4 is 12.0 Å². The maximum atomic E-state index is 12.6. The normalized spacial score (nSPS) is 42.1. The minimum Gasteiger partial charge on any atom is -0.481 e. The smallest absolute Gasteiger partial charge is 0.318 e. The molecule has 3 rings (SSSR count). The Morgan fingerprint density at radius 3 is 2.48 bits per heavy atom. The number of nitrogens with one attached hydrogen (secondary N) is 1. The number of carbonyl (C=O) groups is 2. The molecule has 0 aromatic rings. The van der Waals surface area contributed by atoms with Gasteiger partial charge in [-0.3, -0.25) is 4.79 Å². The summed E-state index contributed by atoms with van der Waals surface area (Å²) in [5.74, 6) is 0.138. The summed E-state index contributed by atoms with van der Waals surface area (Å²) in [6, 6.07) is 0.258. The van der Waals surface area contributed by atoms with E-state index in [0.29, 0.717) is 12.3 Å². The molecular formula is C16H26N2O3. The van der Waals surface area contributed by atoms with Crippen molar-refractivity contribution < 1.29 is 14.7 Å². The number of carboxylic acids is 1. The first-order valence-corrected chi connectivity index (χ1v) is 8.29. The molecule has 0 radical (unpaired) electrons. The van der Waals surface area contributed by atoms with E-state index < -0.39 is 5.97 Å². The third-order valence-electron chi connectivity index (χ3n) is 5.83. The molecule has 6 atom stereocenters. The van der Waals surface area contributed by atoms with Crippen LogP contribution in [0.3, 0.4) is 0 Å². The standard InChI is InChI=1S/C16H26N2O3/c1-9-3-5-13(10(2)7-9)17-16(21)18-11-4-6-14(18)12(8-11)15(19)20/h9-14H,3-8H2,1-2H3,(H,17,21)(H,19,20). The third kappa shape index (κ3) is 2.62. The largest absolute Gasteiger partial charge is 0.481 e. The number of nitrogens with zero attached hydrogens (tertiary/aromatic N) is 1. The summed E-state index contributed by atoms with van der Waals surface area (Å²) in [7, 11) is 0. The number of amides is 2. The summed E-state index contributed by atoms with van der Waals surface area (Å²) in [5.41, 5.74) is 0. The van der Waals surface area contributed by atoms with Gasteiger partial charge in [-0.1, -0.05) is 13.8 Å². The van der Waals surface area contributed by atoms with E-state index in [2.05, 4.69) is 19.2 Å². The van der Waals surface area contributed by atoms with Crippen LogP contribution in [0, 0.1) is 17.8 Å². The van der Waals surface area contributed by atoms with Crippen LogP contribution in [0.2, 0.25) is 0 Å². The Balaban J connectivity index is 1.63. The SMILES string of the molecule is CC1CCC(NC(=O)N2C3CCC2C(C(=O)O)C3)C(C)C1. The molecule has 2 aliphatic heterocycles. The first kappa shape index (κ1) is 14.7. The highest BCUT2D eigenvalue weighted by molar-refractivity contribution is 5.79. The molecule has 3 aliphatic rings. The van der Waals surface area contributed by atoms with E-state index in [-0.39, 0.29) is 30.1 Å². The Morgan fingerprint density at radius 2 is 1.86 bits per heavy atom. The van der Waals surface area contributed by atoms with Gasteiger partial charge in [0.05, 0.1) is 5.92 Å². The van der Waals surface area contributed by atoms with Crippen molar-refractivity contribution in [3.8, 4) is 0 Å². The number of hydrogen-bond acceptors (Lipinski definition) is 2. The van der Waals surface area contributed by atoms with Gasteiger partial charge in [0.15, 0.2) is 0 Å². The lowest BCUT2D eigenvalue weighted by atomic mass is 9.80. The number of hydrogen-bond donors (Lipinski definition) is 2. The van der Waals surface area contributed by atoms with E-state index >= 15 is 0 Å². The van der Waals surface area contributed by atoms with Gasteiger partial charge in [0, 0.05) is 18.1 Å². The fraction of sp³-hybridized carbons (Fsp3) is 0.875. The molecule has 2 N–H and O–H groups in total. The zero-order valence-corrected chi connectivity index (χ0v) is 12.9. The van der Waals surface area contributed by atoms with Gasteiger partial charge in [-0.25, -0.2) is 4.79 Å². The van der Waals surface area contributed by atoms with Crippen LogP contribution in [0.4, 0.5) is 4.79 Å². The highest BCUT2D eigenvalue weighted by Crippen LogP contribution is 2.42. The Kier molecular flexibility index (Phi) is 3.84. The molecule has 5 nitrogen and oxygen atoms in total. The predicted molar refractivity (Wildman–Crippen MR) is 78.9 cm³/mol. The summed E-state index contributed by atoms with van der Waals surface area (Å²) in [5, 5.41) is 12.5. The minimum atomic E-state index is -0.750. The summed E-state index contributed by atoms with van der Waals surface area (Å²) in [6.45, 7) is 4.48. The number of rotatable bonds is 2. The van der Waals surface area contributed by atoms with Crippen LogP contribution >= 0.6 is 0 Å². The number of carbonyl (C=O) groups excluding carboxylic acids is 1. The molecule has 5 heteroatoms. The van der Waals surface area contributed by atoms with Crippen molar-refractivity contribution in [3.05, 3.63) is 0 Å². The van der Waals surface area contributed by atoms with Crippen LogP contribution < -0.4 is 5.32 Å². The predicted octanol–water partition coefficient (Wildman–Crippen LogP) is 2.46. The zero-order chi connectivity index (χ0) is 15.1. The van der Waals surface area contributed by atoms with E-state index in [0.717, 1.165) is 31.6 Å². The zero-order valence-electron chi connectivity index (χ0n) is 12.9. The Morgan fingerprint density at radius 1 is 1.10 bits per heavy atom. The second-order valence-electron chi connectivity index (χ2n) is 7.34. The van der Waals surface area contributed by atoms with Crippen molar-refractivity contribution in [2.45, 2.75) is 70.5 Å². The molecule has 2 saturated heterocycles. The minimum absolute atomic E-state index is 0.0300. The molecule has 21 heavy (non-hydrogen) atoms. The summed E-state index contributed by atoms with van der Waals surface area (Å²) in [4.78, 5) is 25.7. The second kappa shape index (κ2) is 5.50. The third-order valence-corrected chi connectivity index (χ3v) is 5.83. The van der Waals surface area contributed by atoms with Crippen LogP contribution in [0.1, 0.15) is 52.4 Å². The summed E-state index contributed by atoms with van der Waals surface area (Å²) < 4.78 is 0. The molecule has 3 fully saturated rings. The fourth-order valence-electron chi connectivity index (χ4n) is 4.68. The van der Waals surface area contributed by atoms with Crippen LogP contribution in [0.5, 0.6) is 0 Å². The summed E-state index contributed by atoms with van der Waals surface area (Å²) >= 11 is 0. The highest BCUT2D eigenvalue weighted by atomic mass is 16.4. The molecule has 118 valence electrons. The van der Waals surface area contributed by atoms with Crippen molar-refractivity contribution in [2.75, 3.05) is 0 Å². The van der Waals surface area contributed by atoms with Gasteiger partial charge >= 0.3 is 12.0 Å². The second-order valence-corrected chi connectivity index (χ2v) is 7.34. The molecule has 0 aromatic heterocycles. The highest BCUT2D eigenvalue weighted by Gasteiger charge is 2.51. The molecule has 0 spiro atoms. The molecule has 0 aromatic carbocycles. The van der Waals surface area contributed by atoms with Gasteiger partial charge < -0.3 is 15.3 Å². The van der Waals surface area contributed by atoms with Crippen LogP contribution in [-0.2, 0) is 4.79 Å². The van der Waals surface area contributed by atoms with Crippen molar-refractivity contribution in [1.82, 2.24) is 10.2 Å². The number of carboxylic acid groups (broad SMARTS) is 1. The van der Waals surface area contributed by atoms with E-state index in [1.54, 1.807) is 0 Å². The molecule has 6 unspecified atom stereocenters. The van der Waals surface area contributed by atoms with Crippen LogP contribution in [0.25, 0.3) is 0 Å². The van der Waals surface area contributed by atoms with Gasteiger partial charge in [0.2, 0.25) is 0 Å². The van der Waals surface area contributed by atoms with E-state index in [4.69, 9.17) is 0 Å². The van der Waals surface area contributed by atoms with Gasteiger partial charge in [0.1, 0.15) is 0 Å². The average molecular weight is 294 g/mol. The Hall–Kier alpha value is -1.26. The maximum absolute atomic E-state index is 12.6. The average Bonchev–Trinajstić information content (AvgIpc) is 2.99. The molecule has 1 saturated carbocycles. The lowest BCUT2D eigenvalue weighted by Crippen LogP contribution is -2.50. The lowest BCUT2D eigenvalue weighted by molar-refractivity contribution is -0.142. The van der Waals surface area contributed by atoms with Crippen molar-refractivity contribution in [1.29, 1.82) is 0 Å². The van der Waals surface area contributed by atoms with Gasteiger partial charge in [-0.15, -0.1) is 0 Å². The van der Waals surface area contributed by atoms with Crippen molar-refractivity contribution in [3.63, 3.8) is 0 Å². The lowest BCUT2D eigenvalue weighted by Gasteiger charge is -2.35. The number of urea groups is 1. The Labute approximate surface area is 126 Å². The van der Waals surface area contributed by atoms with Gasteiger partial charge in [-0.05, 0) is 50.4 Å². The monoisotopic (exact) mass is 294 g/mol. The Bertz CT molecular complexity index is 439. The summed E-state index contributed by atoms with van der Waals surface area (Å²) in [6.07, 6.45) is 5.80. The maximum Gasteiger partial charge on any atom is 0.318 e. The molecular weight excluding hydrogens is 268 g/mol. The first-order chi connectivity index (χ1) is 9.97. The molecule has 2 heterocycles. The molecule has 1 aliphatic carbocycles. The molecule has 2 bridgehead atoms. The number of fused-ring (bicyclic) bond motifs is 2. The number of aliphatic carboxylic acids is 1.